The fourth-order valence-corrected chi connectivity index (χ4v) is 1.20. The molecule has 0 aliphatic heterocycles. The number of carboxylic acid groups (broad SMARTS) is 1. The Morgan fingerprint density at radius 2 is 2.29 bits per heavy atom. The molecular weight excluding hydrogens is 184 g/mol. The predicted octanol–water partition coefficient (Wildman–Crippen LogP) is 0.657. The molecule has 0 saturated heterocycles. The summed E-state index contributed by atoms with van der Waals surface area (Å²) in [7, 11) is 0. The maximum Gasteiger partial charge on any atom is 0.338 e. The average Bonchev–Trinajstić information content (AvgIpc) is 2.49. The first kappa shape index (κ1) is 10.7. The van der Waals surface area contributed by atoms with Gasteiger partial charge in [-0.15, -0.1) is 0 Å². The van der Waals surface area contributed by atoms with E-state index in [1.165, 1.54) is 16.9 Å². The number of aliphatic hydroxyl groups excluding tert-OH is 1. The van der Waals surface area contributed by atoms with E-state index in [1.54, 1.807) is 0 Å². The smallest absolute Gasteiger partial charge is 0.338 e. The summed E-state index contributed by atoms with van der Waals surface area (Å²) in [5.41, 5.74) is 0.325. The van der Waals surface area contributed by atoms with Gasteiger partial charge in [-0.2, -0.15) is 5.10 Å². The molecule has 0 fully saturated rings. The molecule has 5 nitrogen and oxygen atoms in total. The first-order chi connectivity index (χ1) is 6.52. The zero-order valence-corrected chi connectivity index (χ0v) is 8.21. The summed E-state index contributed by atoms with van der Waals surface area (Å²) < 4.78 is 1.52. The molecule has 0 spiro atoms. The van der Waals surface area contributed by atoms with Crippen LogP contribution in [-0.4, -0.2) is 26.0 Å². The standard InChI is InChI=1S/C9H14N2O3/c1-6(2)5-11-7(3-4-10-11)8(12)9(13)14/h3-4,6,8,12H,5H2,1-2H3,(H,13,14). The summed E-state index contributed by atoms with van der Waals surface area (Å²) in [6.45, 7) is 4.60. The van der Waals surface area contributed by atoms with Crippen LogP contribution >= 0.6 is 0 Å². The molecule has 14 heavy (non-hydrogen) atoms. The quantitative estimate of drug-likeness (QED) is 0.745. The first-order valence-corrected chi connectivity index (χ1v) is 4.45. The van der Waals surface area contributed by atoms with E-state index >= 15 is 0 Å². The Morgan fingerprint density at radius 1 is 1.64 bits per heavy atom. The van der Waals surface area contributed by atoms with E-state index in [-0.39, 0.29) is 0 Å². The molecule has 0 saturated carbocycles. The number of carbonyl (C=O) groups is 1. The monoisotopic (exact) mass is 198 g/mol. The number of rotatable bonds is 4. The lowest BCUT2D eigenvalue weighted by atomic mass is 10.2. The Hall–Kier alpha value is -1.36. The lowest BCUT2D eigenvalue weighted by Gasteiger charge is -2.11. The minimum absolute atomic E-state index is 0.325. The molecule has 2 N–H and O–H groups in total. The number of nitrogens with zero attached hydrogens (tertiary/aromatic N) is 2. The molecule has 1 heterocycles. The molecule has 1 atom stereocenters. The third kappa shape index (κ3) is 2.32. The van der Waals surface area contributed by atoms with Crippen molar-refractivity contribution in [3.8, 4) is 0 Å². The Morgan fingerprint density at radius 3 is 2.79 bits per heavy atom. The minimum atomic E-state index is -1.49. The van der Waals surface area contributed by atoms with Gasteiger partial charge in [0.15, 0.2) is 6.10 Å². The van der Waals surface area contributed by atoms with Crippen LogP contribution in [0.2, 0.25) is 0 Å². The van der Waals surface area contributed by atoms with Gasteiger partial charge in [0, 0.05) is 12.7 Å². The van der Waals surface area contributed by atoms with Gasteiger partial charge in [0.05, 0.1) is 5.69 Å². The second kappa shape index (κ2) is 4.23. The molecule has 0 amide bonds. The Balaban J connectivity index is 2.86. The van der Waals surface area contributed by atoms with Crippen LogP contribution in [-0.2, 0) is 11.3 Å². The van der Waals surface area contributed by atoms with Gasteiger partial charge in [-0.1, -0.05) is 13.8 Å². The van der Waals surface area contributed by atoms with Crippen LogP contribution in [0, 0.1) is 5.92 Å². The molecule has 1 unspecified atom stereocenters. The molecule has 0 aliphatic carbocycles. The van der Waals surface area contributed by atoms with Crippen molar-refractivity contribution >= 4 is 5.97 Å². The Bertz CT molecular complexity index is 320. The van der Waals surface area contributed by atoms with E-state index in [0.29, 0.717) is 18.2 Å². The summed E-state index contributed by atoms with van der Waals surface area (Å²) in [6.07, 6.45) is 0.000370. The second-order valence-corrected chi connectivity index (χ2v) is 3.57. The van der Waals surface area contributed by atoms with E-state index in [9.17, 15) is 9.90 Å². The average molecular weight is 198 g/mol. The highest BCUT2D eigenvalue weighted by Gasteiger charge is 2.20. The number of aliphatic hydroxyl groups is 1. The van der Waals surface area contributed by atoms with Crippen LogP contribution in [0.5, 0.6) is 0 Å². The molecule has 78 valence electrons. The van der Waals surface area contributed by atoms with E-state index in [0.717, 1.165) is 0 Å². The van der Waals surface area contributed by atoms with Crippen LogP contribution < -0.4 is 0 Å². The van der Waals surface area contributed by atoms with Crippen molar-refractivity contribution in [2.75, 3.05) is 0 Å². The normalized spacial score (nSPS) is 13.1. The zero-order valence-electron chi connectivity index (χ0n) is 8.21. The van der Waals surface area contributed by atoms with Gasteiger partial charge in [0.25, 0.3) is 0 Å². The van der Waals surface area contributed by atoms with E-state index < -0.39 is 12.1 Å². The zero-order chi connectivity index (χ0) is 10.7. The molecular formula is C9H14N2O3. The van der Waals surface area contributed by atoms with Crippen molar-refractivity contribution in [3.05, 3.63) is 18.0 Å². The maximum absolute atomic E-state index is 10.5. The highest BCUT2D eigenvalue weighted by Crippen LogP contribution is 2.13. The van der Waals surface area contributed by atoms with E-state index in [2.05, 4.69) is 5.10 Å². The van der Waals surface area contributed by atoms with Gasteiger partial charge < -0.3 is 10.2 Å². The molecule has 5 heteroatoms. The summed E-state index contributed by atoms with van der Waals surface area (Å²) in [5.74, 6) is -0.898. The molecule has 1 aromatic heterocycles. The second-order valence-electron chi connectivity index (χ2n) is 3.57. The Labute approximate surface area is 82.0 Å². The lowest BCUT2D eigenvalue weighted by molar-refractivity contribution is -0.147. The van der Waals surface area contributed by atoms with Gasteiger partial charge in [-0.25, -0.2) is 4.79 Å². The van der Waals surface area contributed by atoms with Gasteiger partial charge in [0.1, 0.15) is 0 Å². The summed E-state index contributed by atoms with van der Waals surface area (Å²) in [4.78, 5) is 10.5. The largest absolute Gasteiger partial charge is 0.479 e. The molecule has 0 aromatic carbocycles. The van der Waals surface area contributed by atoms with E-state index in [4.69, 9.17) is 5.11 Å². The topological polar surface area (TPSA) is 75.3 Å². The van der Waals surface area contributed by atoms with Gasteiger partial charge in [-0.3, -0.25) is 4.68 Å². The number of aromatic nitrogens is 2. The summed E-state index contributed by atoms with van der Waals surface area (Å²) >= 11 is 0. The Kier molecular flexibility index (Phi) is 3.24. The number of carboxylic acids is 1. The summed E-state index contributed by atoms with van der Waals surface area (Å²) in [5, 5.41) is 21.9. The van der Waals surface area contributed by atoms with Crippen LogP contribution in [0.15, 0.2) is 12.3 Å². The third-order valence-corrected chi connectivity index (χ3v) is 1.80. The van der Waals surface area contributed by atoms with Crippen molar-refractivity contribution < 1.29 is 15.0 Å². The highest BCUT2D eigenvalue weighted by molar-refractivity contribution is 5.73. The van der Waals surface area contributed by atoms with Crippen molar-refractivity contribution in [2.24, 2.45) is 5.92 Å². The van der Waals surface area contributed by atoms with Crippen molar-refractivity contribution in [3.63, 3.8) is 0 Å². The summed E-state index contributed by atoms with van der Waals surface area (Å²) in [6, 6.07) is 1.52. The highest BCUT2D eigenvalue weighted by atomic mass is 16.4. The van der Waals surface area contributed by atoms with E-state index in [1.807, 2.05) is 13.8 Å². The predicted molar refractivity (Wildman–Crippen MR) is 49.7 cm³/mol. The minimum Gasteiger partial charge on any atom is -0.479 e. The maximum atomic E-state index is 10.5. The van der Waals surface area contributed by atoms with Gasteiger partial charge in [-0.05, 0) is 12.0 Å². The van der Waals surface area contributed by atoms with Crippen LogP contribution in [0.1, 0.15) is 25.6 Å². The van der Waals surface area contributed by atoms with Crippen molar-refractivity contribution in [1.82, 2.24) is 9.78 Å². The number of hydrogen-bond acceptors (Lipinski definition) is 3. The fraction of sp³-hybridized carbons (Fsp3) is 0.556. The molecule has 0 bridgehead atoms. The molecule has 0 aliphatic rings. The van der Waals surface area contributed by atoms with Crippen LogP contribution in [0.3, 0.4) is 0 Å². The van der Waals surface area contributed by atoms with Crippen molar-refractivity contribution in [2.45, 2.75) is 26.5 Å². The molecule has 0 radical (unpaired) electrons. The molecule has 1 aromatic rings. The number of aliphatic carboxylic acids is 1. The first-order valence-electron chi connectivity index (χ1n) is 4.45. The van der Waals surface area contributed by atoms with Gasteiger partial charge >= 0.3 is 5.97 Å². The van der Waals surface area contributed by atoms with Crippen LogP contribution in [0.4, 0.5) is 0 Å². The molecule has 1 rings (SSSR count). The lowest BCUT2D eigenvalue weighted by Crippen LogP contribution is -2.18. The third-order valence-electron chi connectivity index (χ3n) is 1.80. The number of hydrogen-bond donors (Lipinski definition) is 2. The SMILES string of the molecule is CC(C)Cn1nccc1C(O)C(=O)O. The van der Waals surface area contributed by atoms with Gasteiger partial charge in [0.2, 0.25) is 0 Å². The van der Waals surface area contributed by atoms with Crippen molar-refractivity contribution in [1.29, 1.82) is 0 Å². The fourth-order valence-electron chi connectivity index (χ4n) is 1.20. The van der Waals surface area contributed by atoms with Crippen LogP contribution in [0.25, 0.3) is 0 Å².